The maximum Gasteiger partial charge on any atom is 0.255 e. The van der Waals surface area contributed by atoms with Gasteiger partial charge in [-0.3, -0.25) is 9.59 Å². The van der Waals surface area contributed by atoms with E-state index in [4.69, 9.17) is 4.74 Å². The molecule has 4 rings (SSSR count). The fraction of sp³-hybridized carbons (Fsp3) is 0.462. The van der Waals surface area contributed by atoms with Crippen LogP contribution >= 0.6 is 0 Å². The summed E-state index contributed by atoms with van der Waals surface area (Å²) in [5, 5.41) is 2.83. The molecule has 2 aliphatic rings. The summed E-state index contributed by atoms with van der Waals surface area (Å²) in [6.45, 7) is 4.67. The number of ether oxygens (including phenoxy) is 1. The molecule has 8 heteroatoms. The second-order valence-electron chi connectivity index (χ2n) is 9.35. The van der Waals surface area contributed by atoms with E-state index in [9.17, 15) is 14.0 Å². The van der Waals surface area contributed by atoms with Crippen molar-refractivity contribution in [3.63, 3.8) is 0 Å². The fourth-order valence-corrected chi connectivity index (χ4v) is 4.59. The van der Waals surface area contributed by atoms with E-state index >= 15 is 0 Å². The summed E-state index contributed by atoms with van der Waals surface area (Å²) < 4.78 is 20.5. The zero-order valence-electron chi connectivity index (χ0n) is 20.1. The molecule has 0 radical (unpaired) electrons. The number of nitrogens with one attached hydrogen (secondary N) is 1. The average molecular weight is 469 g/mol. The molecular formula is C26H33FN4O3. The molecule has 0 saturated carbocycles. The van der Waals surface area contributed by atoms with Crippen LogP contribution in [-0.4, -0.2) is 74.0 Å². The van der Waals surface area contributed by atoms with Crippen LogP contribution in [0.5, 0.6) is 5.75 Å². The molecule has 182 valence electrons. The van der Waals surface area contributed by atoms with Gasteiger partial charge >= 0.3 is 0 Å². The number of carbonyl (C=O) groups excluding carboxylic acids is 2. The number of hydrogen-bond acceptors (Lipinski definition) is 5. The van der Waals surface area contributed by atoms with Gasteiger partial charge < -0.3 is 24.8 Å². The van der Waals surface area contributed by atoms with Crippen LogP contribution in [0.1, 0.15) is 36.5 Å². The van der Waals surface area contributed by atoms with Gasteiger partial charge in [-0.1, -0.05) is 0 Å². The van der Waals surface area contributed by atoms with Gasteiger partial charge in [0.15, 0.2) is 11.6 Å². The Balaban J connectivity index is 1.34. The zero-order valence-corrected chi connectivity index (χ0v) is 20.1. The second kappa shape index (κ2) is 10.4. The van der Waals surface area contributed by atoms with Crippen molar-refractivity contribution in [1.29, 1.82) is 0 Å². The lowest BCUT2D eigenvalue weighted by Gasteiger charge is -2.32. The summed E-state index contributed by atoms with van der Waals surface area (Å²) in [5.74, 6) is -0.884. The van der Waals surface area contributed by atoms with Gasteiger partial charge in [0, 0.05) is 49.5 Å². The highest BCUT2D eigenvalue weighted by molar-refractivity contribution is 6.04. The second-order valence-corrected chi connectivity index (χ2v) is 9.35. The average Bonchev–Trinajstić information content (AvgIpc) is 3.32. The zero-order chi connectivity index (χ0) is 24.2. The number of nitrogens with zero attached hydrogens (tertiary/aromatic N) is 3. The van der Waals surface area contributed by atoms with Gasteiger partial charge in [0.1, 0.15) is 6.10 Å². The molecule has 2 heterocycles. The van der Waals surface area contributed by atoms with E-state index in [1.165, 1.54) is 19.1 Å². The summed E-state index contributed by atoms with van der Waals surface area (Å²) in [6.07, 6.45) is 2.45. The maximum atomic E-state index is 14.7. The largest absolute Gasteiger partial charge is 0.486 e. The molecule has 0 aromatic heterocycles. The van der Waals surface area contributed by atoms with E-state index in [0.29, 0.717) is 24.8 Å². The Morgan fingerprint density at radius 2 is 1.82 bits per heavy atom. The van der Waals surface area contributed by atoms with Crippen LogP contribution in [-0.2, 0) is 4.79 Å². The Labute approximate surface area is 200 Å². The molecule has 2 aromatic carbocycles. The first-order chi connectivity index (χ1) is 16.3. The fourth-order valence-electron chi connectivity index (χ4n) is 4.59. The lowest BCUT2D eigenvalue weighted by molar-refractivity contribution is -0.131. The summed E-state index contributed by atoms with van der Waals surface area (Å²) in [7, 11) is 4.21. The Bertz CT molecular complexity index is 1030. The quantitative estimate of drug-likeness (QED) is 0.702. The van der Waals surface area contributed by atoms with E-state index in [1.54, 1.807) is 11.0 Å². The first kappa shape index (κ1) is 24.0. The van der Waals surface area contributed by atoms with Gasteiger partial charge in [-0.05, 0) is 75.8 Å². The molecule has 2 aromatic rings. The number of rotatable bonds is 6. The molecule has 34 heavy (non-hydrogen) atoms. The Morgan fingerprint density at radius 1 is 1.06 bits per heavy atom. The van der Waals surface area contributed by atoms with Crippen LogP contribution in [0.4, 0.5) is 15.8 Å². The summed E-state index contributed by atoms with van der Waals surface area (Å²) in [4.78, 5) is 30.6. The van der Waals surface area contributed by atoms with Crippen LogP contribution < -0.4 is 15.0 Å². The van der Waals surface area contributed by atoms with Crippen molar-refractivity contribution < 1.29 is 18.7 Å². The third kappa shape index (κ3) is 5.67. The van der Waals surface area contributed by atoms with Gasteiger partial charge in [0.05, 0.1) is 6.54 Å². The molecule has 2 unspecified atom stereocenters. The third-order valence-electron chi connectivity index (χ3n) is 6.70. The number of hydrogen-bond donors (Lipinski definition) is 1. The summed E-state index contributed by atoms with van der Waals surface area (Å²) in [5.41, 5.74) is 2.00. The van der Waals surface area contributed by atoms with Gasteiger partial charge in [0.2, 0.25) is 5.91 Å². The van der Waals surface area contributed by atoms with Crippen molar-refractivity contribution in [2.24, 2.45) is 0 Å². The smallest absolute Gasteiger partial charge is 0.255 e. The first-order valence-corrected chi connectivity index (χ1v) is 11.8. The third-order valence-corrected chi connectivity index (χ3v) is 6.70. The molecular weight excluding hydrogens is 435 g/mol. The molecule has 0 bridgehead atoms. The number of piperidine rings is 1. The number of halogens is 1. The molecule has 2 atom stereocenters. The predicted molar refractivity (Wildman–Crippen MR) is 131 cm³/mol. The van der Waals surface area contributed by atoms with Crippen molar-refractivity contribution in [3.05, 3.63) is 53.8 Å². The summed E-state index contributed by atoms with van der Waals surface area (Å²) >= 11 is 0. The van der Waals surface area contributed by atoms with Crippen molar-refractivity contribution in [2.45, 2.75) is 38.3 Å². The van der Waals surface area contributed by atoms with E-state index < -0.39 is 5.82 Å². The highest BCUT2D eigenvalue weighted by Crippen LogP contribution is 2.26. The van der Waals surface area contributed by atoms with Crippen LogP contribution in [0.2, 0.25) is 0 Å². The minimum Gasteiger partial charge on any atom is -0.486 e. The normalized spacial score (nSPS) is 20.5. The number of amides is 2. The van der Waals surface area contributed by atoms with Crippen LogP contribution in [0.3, 0.4) is 0 Å². The molecule has 2 fully saturated rings. The van der Waals surface area contributed by atoms with E-state index in [-0.39, 0.29) is 29.2 Å². The summed E-state index contributed by atoms with van der Waals surface area (Å²) in [6, 6.07) is 12.5. The molecule has 2 aliphatic heterocycles. The van der Waals surface area contributed by atoms with Crippen molar-refractivity contribution in [1.82, 2.24) is 9.80 Å². The first-order valence-electron chi connectivity index (χ1n) is 11.8. The number of benzene rings is 2. The topological polar surface area (TPSA) is 65.1 Å². The monoisotopic (exact) mass is 468 g/mol. The highest BCUT2D eigenvalue weighted by Gasteiger charge is 2.25. The van der Waals surface area contributed by atoms with Gasteiger partial charge in [-0.2, -0.15) is 0 Å². The maximum absolute atomic E-state index is 14.7. The van der Waals surface area contributed by atoms with Gasteiger partial charge in [0.25, 0.3) is 5.91 Å². The molecule has 2 saturated heterocycles. The Kier molecular flexibility index (Phi) is 7.36. The number of anilines is 2. The number of likely N-dealkylation sites (N-methyl/N-ethyl adjacent to an activating group) is 1. The highest BCUT2D eigenvalue weighted by atomic mass is 19.1. The Morgan fingerprint density at radius 3 is 2.47 bits per heavy atom. The van der Waals surface area contributed by atoms with E-state index in [2.05, 4.69) is 29.2 Å². The molecule has 2 amide bonds. The SMILES string of the molecule is CC(=O)N1CCCC(Oc2ccc(C(=O)Nc3ccc(N4CCC(N(C)C)C4)cc3)cc2F)C1. The van der Waals surface area contributed by atoms with Gasteiger partial charge in [-0.15, -0.1) is 0 Å². The number of carbonyl (C=O) groups is 2. The van der Waals surface area contributed by atoms with Crippen LogP contribution in [0, 0.1) is 5.82 Å². The van der Waals surface area contributed by atoms with Crippen LogP contribution in [0.25, 0.3) is 0 Å². The Hall–Kier alpha value is -3.13. The molecule has 0 spiro atoms. The van der Waals surface area contributed by atoms with Crippen LogP contribution in [0.15, 0.2) is 42.5 Å². The molecule has 0 aliphatic carbocycles. The standard InChI is InChI=1S/C26H33FN4O3/c1-18(32)30-13-4-5-23(17-30)34-25-11-6-19(15-24(25)27)26(33)28-20-7-9-21(10-8-20)31-14-12-22(16-31)29(2)3/h6-11,15,22-23H,4-5,12-14,16-17H2,1-3H3,(H,28,33). The minimum atomic E-state index is -0.590. The number of likely N-dealkylation sites (tertiary alicyclic amines) is 1. The van der Waals surface area contributed by atoms with E-state index in [1.807, 2.05) is 24.3 Å². The van der Waals surface area contributed by atoms with Crippen molar-refractivity contribution >= 4 is 23.2 Å². The molecule has 1 N–H and O–H groups in total. The lowest BCUT2D eigenvalue weighted by Crippen LogP contribution is -2.43. The van der Waals surface area contributed by atoms with Gasteiger partial charge in [-0.25, -0.2) is 4.39 Å². The van der Waals surface area contributed by atoms with E-state index in [0.717, 1.165) is 38.0 Å². The van der Waals surface area contributed by atoms with Crippen molar-refractivity contribution in [2.75, 3.05) is 50.5 Å². The van der Waals surface area contributed by atoms with Crippen molar-refractivity contribution in [3.8, 4) is 5.75 Å². The minimum absolute atomic E-state index is 0.00740. The lowest BCUT2D eigenvalue weighted by atomic mass is 10.1. The predicted octanol–water partition coefficient (Wildman–Crippen LogP) is 3.61. The molecule has 7 nitrogen and oxygen atoms in total.